The van der Waals surface area contributed by atoms with Crippen molar-refractivity contribution in [2.24, 2.45) is 5.92 Å². The number of aliphatic hydroxyl groups is 1. The Bertz CT molecular complexity index is 1400. The first-order chi connectivity index (χ1) is 19.0. The molecule has 0 saturated heterocycles. The third kappa shape index (κ3) is 7.84. The third-order valence-electron chi connectivity index (χ3n) is 6.29. The molecule has 12 heteroatoms. The number of hydrogen-bond acceptors (Lipinski definition) is 7. The van der Waals surface area contributed by atoms with Gasteiger partial charge in [-0.3, -0.25) is 19.7 Å². The van der Waals surface area contributed by atoms with E-state index in [-0.39, 0.29) is 30.5 Å². The fourth-order valence-corrected chi connectivity index (χ4v) is 4.03. The quantitative estimate of drug-likeness (QED) is 0.187. The van der Waals surface area contributed by atoms with E-state index in [1.165, 1.54) is 28.7 Å². The molecule has 1 aromatic carbocycles. The number of para-hydroxylation sites is 1. The van der Waals surface area contributed by atoms with Crippen LogP contribution in [0.5, 0.6) is 0 Å². The second-order valence-electron chi connectivity index (χ2n) is 9.93. The molecule has 2 aromatic heterocycles. The van der Waals surface area contributed by atoms with Crippen molar-refractivity contribution in [1.82, 2.24) is 24.8 Å². The number of anilines is 1. The van der Waals surface area contributed by atoms with Gasteiger partial charge in [0.15, 0.2) is 0 Å². The highest BCUT2D eigenvalue weighted by Crippen LogP contribution is 2.30. The van der Waals surface area contributed by atoms with Crippen molar-refractivity contribution in [2.75, 3.05) is 26.5 Å². The van der Waals surface area contributed by atoms with Crippen molar-refractivity contribution in [3.05, 3.63) is 70.4 Å². The number of allylic oxidation sites excluding steroid dienone is 1. The Morgan fingerprint density at radius 2 is 2.00 bits per heavy atom. The summed E-state index contributed by atoms with van der Waals surface area (Å²) in [6.07, 6.45) is 2.59. The molecule has 216 valence electrons. The van der Waals surface area contributed by atoms with Crippen LogP contribution in [0.2, 0.25) is 0 Å². The number of fused-ring (bicyclic) bond motifs is 1. The zero-order valence-corrected chi connectivity index (χ0v) is 23.3. The van der Waals surface area contributed by atoms with Crippen molar-refractivity contribution >= 4 is 28.5 Å². The summed E-state index contributed by atoms with van der Waals surface area (Å²) in [5.74, 6) is -0.499. The lowest BCUT2D eigenvalue weighted by atomic mass is 9.99. The van der Waals surface area contributed by atoms with E-state index in [9.17, 15) is 23.9 Å². The summed E-state index contributed by atoms with van der Waals surface area (Å²) in [7, 11) is 4.53. The number of rotatable bonds is 13. The summed E-state index contributed by atoms with van der Waals surface area (Å²) in [6.45, 7) is 3.68. The van der Waals surface area contributed by atoms with Gasteiger partial charge in [0.2, 0.25) is 18.2 Å². The van der Waals surface area contributed by atoms with E-state index >= 15 is 0 Å². The van der Waals surface area contributed by atoms with Crippen LogP contribution in [-0.4, -0.2) is 70.0 Å². The summed E-state index contributed by atoms with van der Waals surface area (Å²) in [5, 5.41) is 15.1. The number of hydrogen-bond donors (Lipinski definition) is 4. The molecule has 3 atom stereocenters. The predicted octanol–water partition coefficient (Wildman–Crippen LogP) is 2.68. The van der Waals surface area contributed by atoms with E-state index in [1.807, 2.05) is 0 Å². The van der Waals surface area contributed by atoms with Crippen LogP contribution in [-0.2, 0) is 20.9 Å². The van der Waals surface area contributed by atoms with Crippen LogP contribution in [0.4, 0.5) is 10.1 Å². The maximum absolute atomic E-state index is 14.8. The molecule has 2 unspecified atom stereocenters. The van der Waals surface area contributed by atoms with E-state index in [1.54, 1.807) is 64.5 Å². The zero-order valence-electron chi connectivity index (χ0n) is 23.3. The number of carbonyl (C=O) groups excluding carboxylic acids is 2. The molecule has 0 aliphatic carbocycles. The number of methoxy groups -OCH3 is 1. The fourth-order valence-electron chi connectivity index (χ4n) is 4.03. The minimum Gasteiger partial charge on any atom is -0.356 e. The van der Waals surface area contributed by atoms with Crippen molar-refractivity contribution < 1.29 is 23.8 Å². The molecule has 3 rings (SSSR count). The van der Waals surface area contributed by atoms with E-state index in [0.29, 0.717) is 28.8 Å². The van der Waals surface area contributed by atoms with Crippen molar-refractivity contribution in [3.8, 4) is 0 Å². The van der Waals surface area contributed by atoms with E-state index in [2.05, 4.69) is 20.6 Å². The molecular formula is C28H37FN6O5. The van der Waals surface area contributed by atoms with Crippen molar-refractivity contribution in [2.45, 2.75) is 51.9 Å². The van der Waals surface area contributed by atoms with E-state index < -0.39 is 30.1 Å². The molecule has 2 heterocycles. The lowest BCUT2D eigenvalue weighted by Crippen LogP contribution is -2.47. The summed E-state index contributed by atoms with van der Waals surface area (Å²) < 4.78 is 21.0. The summed E-state index contributed by atoms with van der Waals surface area (Å²) in [6, 6.07) is 7.41. The number of benzene rings is 1. The lowest BCUT2D eigenvalue weighted by Gasteiger charge is -2.20. The summed E-state index contributed by atoms with van der Waals surface area (Å²) in [4.78, 5) is 47.1. The Morgan fingerprint density at radius 1 is 1.25 bits per heavy atom. The highest BCUT2D eigenvalue weighted by atomic mass is 19.1. The predicted molar refractivity (Wildman–Crippen MR) is 150 cm³/mol. The second kappa shape index (κ2) is 14.0. The molecule has 4 N–H and O–H groups in total. The highest BCUT2D eigenvalue weighted by molar-refractivity contribution is 5.94. The average molecular weight is 557 g/mol. The minimum absolute atomic E-state index is 0.0324. The summed E-state index contributed by atoms with van der Waals surface area (Å²) >= 11 is 0. The monoisotopic (exact) mass is 556 g/mol. The van der Waals surface area contributed by atoms with Gasteiger partial charge in [0.25, 0.3) is 5.56 Å². The van der Waals surface area contributed by atoms with Gasteiger partial charge in [0, 0.05) is 33.0 Å². The number of imidazole rings is 1. The number of alkyl halides is 1. The molecule has 0 spiro atoms. The van der Waals surface area contributed by atoms with E-state index in [0.717, 1.165) is 0 Å². The number of likely N-dealkylation sites (N-methyl/N-ethyl adjacent to an activating group) is 1. The van der Waals surface area contributed by atoms with Crippen LogP contribution in [0.15, 0.2) is 53.5 Å². The Kier molecular flexibility index (Phi) is 10.7. The highest BCUT2D eigenvalue weighted by Gasteiger charge is 2.22. The number of ether oxygens (including phenoxy) is 1. The maximum atomic E-state index is 14.8. The number of aliphatic hydroxyl groups excluding tert-OH is 1. The smallest absolute Gasteiger partial charge is 0.274 e. The molecule has 40 heavy (non-hydrogen) atoms. The van der Waals surface area contributed by atoms with Crippen molar-refractivity contribution in [1.29, 1.82) is 0 Å². The zero-order chi connectivity index (χ0) is 29.4. The van der Waals surface area contributed by atoms with Gasteiger partial charge in [-0.15, -0.1) is 0 Å². The molecular weight excluding hydrogens is 519 g/mol. The number of amides is 2. The number of carbonyl (C=O) groups is 2. The minimum atomic E-state index is -1.41. The van der Waals surface area contributed by atoms with Gasteiger partial charge >= 0.3 is 0 Å². The standard InChI is InChI=1S/C28H37FN6O5/c1-17(2)24(29)18-10-8-12-19-25(18)33-22(30-19)16-35-15-9-13-21(27(35)38)31-26(37)20(32-28(39)40-5)11-6-7-14-23(36)34(3)4/h7-10,12-15,17,20,24,28,32,39H,6,11,16H2,1-5H3,(H,30,33)(H,31,37)/b14-7+/t20-,24?,28?/m0/s1. The molecule has 0 aliphatic heterocycles. The van der Waals surface area contributed by atoms with Crippen LogP contribution in [0, 0.1) is 5.92 Å². The number of aromatic nitrogens is 3. The van der Waals surface area contributed by atoms with Gasteiger partial charge in [-0.2, -0.15) is 0 Å². The number of halogens is 1. The average Bonchev–Trinajstić information content (AvgIpc) is 3.34. The first kappa shape index (κ1) is 30.7. The van der Waals surface area contributed by atoms with Crippen LogP contribution in [0.25, 0.3) is 11.0 Å². The Hall–Kier alpha value is -3.87. The molecule has 0 fully saturated rings. The largest absolute Gasteiger partial charge is 0.356 e. The van der Waals surface area contributed by atoms with Gasteiger partial charge < -0.3 is 29.6 Å². The molecule has 0 radical (unpaired) electrons. The second-order valence-corrected chi connectivity index (χ2v) is 9.93. The SMILES string of the molecule is COC(O)N[C@@H](CC/C=C/C(=O)N(C)C)C(=O)Nc1cccn(Cc2nc3cccc(C(F)C(C)C)c3[nH]2)c1=O. The molecule has 0 saturated carbocycles. The number of nitrogens with zero attached hydrogens (tertiary/aromatic N) is 3. The Labute approximate surface area is 232 Å². The molecule has 2 amide bonds. The van der Waals surface area contributed by atoms with Crippen LogP contribution in [0.1, 0.15) is 44.2 Å². The van der Waals surface area contributed by atoms with Crippen LogP contribution < -0.4 is 16.2 Å². The number of nitrogens with one attached hydrogen (secondary N) is 3. The molecule has 0 aliphatic rings. The van der Waals surface area contributed by atoms with Crippen molar-refractivity contribution in [3.63, 3.8) is 0 Å². The van der Waals surface area contributed by atoms with Gasteiger partial charge in [-0.05, 0) is 43.0 Å². The topological polar surface area (TPSA) is 142 Å². The first-order valence-corrected chi connectivity index (χ1v) is 13.0. The Morgan fingerprint density at radius 3 is 2.67 bits per heavy atom. The fraction of sp³-hybridized carbons (Fsp3) is 0.429. The maximum Gasteiger partial charge on any atom is 0.274 e. The number of H-pyrrole nitrogens is 1. The molecule has 0 bridgehead atoms. The number of aromatic amines is 1. The van der Waals surface area contributed by atoms with Gasteiger partial charge in [-0.1, -0.05) is 32.1 Å². The molecule has 11 nitrogen and oxygen atoms in total. The first-order valence-electron chi connectivity index (χ1n) is 13.0. The van der Waals surface area contributed by atoms with Crippen LogP contribution >= 0.6 is 0 Å². The summed E-state index contributed by atoms with van der Waals surface area (Å²) in [5.41, 5.74) is 1.26. The number of pyridine rings is 1. The normalized spacial score (nSPS) is 14.0. The molecule has 3 aromatic rings. The van der Waals surface area contributed by atoms with Gasteiger partial charge in [-0.25, -0.2) is 9.37 Å². The van der Waals surface area contributed by atoms with E-state index in [4.69, 9.17) is 4.74 Å². The third-order valence-corrected chi connectivity index (χ3v) is 6.29. The Balaban J connectivity index is 1.77. The lowest BCUT2D eigenvalue weighted by molar-refractivity contribution is -0.129. The van der Waals surface area contributed by atoms with Gasteiger partial charge in [0.1, 0.15) is 17.7 Å². The van der Waals surface area contributed by atoms with Crippen LogP contribution in [0.3, 0.4) is 0 Å². The van der Waals surface area contributed by atoms with Gasteiger partial charge in [0.05, 0.1) is 23.6 Å².